The molecule has 2 aliphatic rings. The van der Waals surface area contributed by atoms with E-state index in [1.165, 1.54) is 11.3 Å². The van der Waals surface area contributed by atoms with Gasteiger partial charge in [0.05, 0.1) is 5.92 Å². The van der Waals surface area contributed by atoms with E-state index in [2.05, 4.69) is 6.07 Å². The van der Waals surface area contributed by atoms with Crippen LogP contribution < -0.4 is 5.73 Å². The van der Waals surface area contributed by atoms with Gasteiger partial charge in [-0.3, -0.25) is 4.79 Å². The van der Waals surface area contributed by atoms with Gasteiger partial charge in [-0.15, -0.1) is 11.3 Å². The van der Waals surface area contributed by atoms with Crippen molar-refractivity contribution in [3.8, 4) is 6.07 Å². The largest absolute Gasteiger partial charge is 0.444 e. The number of nitrogens with two attached hydrogens (primary N) is 1. The Balaban J connectivity index is 1.78. The molecule has 25 heavy (non-hydrogen) atoms. The number of benzene rings is 1. The molecule has 5 heteroatoms. The Morgan fingerprint density at radius 1 is 1.16 bits per heavy atom. The first-order valence-electron chi connectivity index (χ1n) is 8.11. The molecule has 0 amide bonds. The number of carbonyl (C=O) groups is 1. The Bertz CT molecular complexity index is 920. The zero-order chi connectivity index (χ0) is 17.4. The molecule has 0 saturated carbocycles. The van der Waals surface area contributed by atoms with Crippen LogP contribution in [-0.2, 0) is 9.53 Å². The first-order valence-corrected chi connectivity index (χ1v) is 8.99. The molecule has 1 aliphatic heterocycles. The van der Waals surface area contributed by atoms with Crippen molar-refractivity contribution in [2.24, 2.45) is 5.73 Å². The summed E-state index contributed by atoms with van der Waals surface area (Å²) in [5, 5.41) is 11.5. The summed E-state index contributed by atoms with van der Waals surface area (Å²) in [6, 6.07) is 16.0. The van der Waals surface area contributed by atoms with Crippen LogP contribution in [0.3, 0.4) is 0 Å². The molecule has 0 radical (unpaired) electrons. The zero-order valence-corrected chi connectivity index (χ0v) is 14.3. The molecule has 0 fully saturated rings. The lowest BCUT2D eigenvalue weighted by Gasteiger charge is -2.33. The van der Waals surface area contributed by atoms with E-state index in [4.69, 9.17) is 10.5 Å². The van der Waals surface area contributed by atoms with E-state index in [9.17, 15) is 10.1 Å². The van der Waals surface area contributed by atoms with Gasteiger partial charge in [-0.1, -0.05) is 36.4 Å². The lowest BCUT2D eigenvalue weighted by Crippen LogP contribution is -2.29. The lowest BCUT2D eigenvalue weighted by molar-refractivity contribution is -0.117. The minimum Gasteiger partial charge on any atom is -0.444 e. The van der Waals surface area contributed by atoms with Crippen molar-refractivity contribution in [3.05, 3.63) is 81.1 Å². The normalized spacial score (nSPS) is 23.1. The standard InChI is InChI=1S/C20H16N2O2S/c21-11-14-18(17-7-4-8-25-17)19-15(23)9-13(10-16(19)24-20(14)22)12-5-2-1-3-6-12/h1-8,13,18H,9-10,22H2. The van der Waals surface area contributed by atoms with Crippen LogP contribution in [0.15, 0.2) is 70.6 Å². The fourth-order valence-electron chi connectivity index (χ4n) is 3.61. The molecule has 2 N–H and O–H groups in total. The Labute approximate surface area is 149 Å². The van der Waals surface area contributed by atoms with E-state index in [1.54, 1.807) is 0 Å². The second kappa shape index (κ2) is 6.23. The van der Waals surface area contributed by atoms with Gasteiger partial charge in [-0.2, -0.15) is 5.26 Å². The van der Waals surface area contributed by atoms with E-state index in [1.807, 2.05) is 47.8 Å². The molecule has 1 aromatic heterocycles. The highest BCUT2D eigenvalue weighted by Crippen LogP contribution is 2.47. The minimum atomic E-state index is -0.405. The SMILES string of the molecule is N#CC1=C(N)OC2=C(C(=O)CC(c3ccccc3)C2)C1c1cccs1. The van der Waals surface area contributed by atoms with Crippen molar-refractivity contribution in [2.75, 3.05) is 0 Å². The van der Waals surface area contributed by atoms with Crippen molar-refractivity contribution >= 4 is 17.1 Å². The lowest BCUT2D eigenvalue weighted by atomic mass is 9.75. The number of rotatable bonds is 2. The minimum absolute atomic E-state index is 0.0359. The fraction of sp³-hybridized carbons (Fsp3) is 0.200. The van der Waals surface area contributed by atoms with Crippen LogP contribution in [0, 0.1) is 11.3 Å². The number of ether oxygens (including phenoxy) is 1. The number of hydrogen-bond acceptors (Lipinski definition) is 5. The van der Waals surface area contributed by atoms with E-state index in [0.29, 0.717) is 29.7 Å². The van der Waals surface area contributed by atoms with Gasteiger partial charge in [0.25, 0.3) is 0 Å². The second-order valence-electron chi connectivity index (χ2n) is 6.22. The Morgan fingerprint density at radius 2 is 1.96 bits per heavy atom. The number of Topliss-reactive ketones (excluding diaryl/α,β-unsaturated/α-hetero) is 1. The number of allylic oxidation sites excluding steroid dienone is 3. The van der Waals surface area contributed by atoms with Crippen LogP contribution in [0.4, 0.5) is 0 Å². The Morgan fingerprint density at radius 3 is 2.64 bits per heavy atom. The number of carbonyl (C=O) groups excluding carboxylic acids is 1. The number of nitrogens with zero attached hydrogens (tertiary/aromatic N) is 1. The average Bonchev–Trinajstić information content (AvgIpc) is 3.15. The van der Waals surface area contributed by atoms with Gasteiger partial charge in [-0.25, -0.2) is 0 Å². The summed E-state index contributed by atoms with van der Waals surface area (Å²) in [5.74, 6) is 0.431. The maximum atomic E-state index is 13.0. The van der Waals surface area contributed by atoms with E-state index >= 15 is 0 Å². The summed E-state index contributed by atoms with van der Waals surface area (Å²) in [6.45, 7) is 0. The van der Waals surface area contributed by atoms with Gasteiger partial charge in [0.2, 0.25) is 5.88 Å². The third-order valence-corrected chi connectivity index (χ3v) is 5.70. The first kappa shape index (κ1) is 15.7. The number of thiophene rings is 1. The third kappa shape index (κ3) is 2.65. The summed E-state index contributed by atoms with van der Waals surface area (Å²) >= 11 is 1.52. The van der Waals surface area contributed by atoms with Gasteiger partial charge in [-0.05, 0) is 22.9 Å². The van der Waals surface area contributed by atoms with Crippen LogP contribution in [0.25, 0.3) is 0 Å². The maximum absolute atomic E-state index is 13.0. The van der Waals surface area contributed by atoms with Crippen LogP contribution >= 0.6 is 11.3 Å². The predicted molar refractivity (Wildman–Crippen MR) is 95.4 cm³/mol. The third-order valence-electron chi connectivity index (χ3n) is 4.76. The Kier molecular flexibility index (Phi) is 3.90. The van der Waals surface area contributed by atoms with Crippen LogP contribution in [0.5, 0.6) is 0 Å². The monoisotopic (exact) mass is 348 g/mol. The number of ketones is 1. The molecule has 124 valence electrons. The zero-order valence-electron chi connectivity index (χ0n) is 13.4. The predicted octanol–water partition coefficient (Wildman–Crippen LogP) is 3.96. The summed E-state index contributed by atoms with van der Waals surface area (Å²) in [6.07, 6.45) is 1.04. The summed E-state index contributed by atoms with van der Waals surface area (Å²) in [4.78, 5) is 13.9. The summed E-state index contributed by atoms with van der Waals surface area (Å²) in [5.41, 5.74) is 8.06. The fourth-order valence-corrected chi connectivity index (χ4v) is 4.45. The average molecular weight is 348 g/mol. The molecule has 4 nitrogen and oxygen atoms in total. The molecule has 4 rings (SSSR count). The van der Waals surface area contributed by atoms with Gasteiger partial charge < -0.3 is 10.5 Å². The molecular formula is C20H16N2O2S. The van der Waals surface area contributed by atoms with Crippen molar-refractivity contribution in [1.29, 1.82) is 5.26 Å². The molecular weight excluding hydrogens is 332 g/mol. The van der Waals surface area contributed by atoms with Crippen LogP contribution in [0.1, 0.15) is 35.1 Å². The molecule has 1 aromatic carbocycles. The quantitative estimate of drug-likeness (QED) is 0.891. The van der Waals surface area contributed by atoms with Gasteiger partial charge in [0.1, 0.15) is 17.4 Å². The maximum Gasteiger partial charge on any atom is 0.205 e. The molecule has 0 spiro atoms. The highest BCUT2D eigenvalue weighted by molar-refractivity contribution is 7.10. The molecule has 2 aromatic rings. The van der Waals surface area contributed by atoms with Gasteiger partial charge in [0.15, 0.2) is 5.78 Å². The topological polar surface area (TPSA) is 76.1 Å². The van der Waals surface area contributed by atoms with Crippen molar-refractivity contribution in [1.82, 2.24) is 0 Å². The molecule has 2 heterocycles. The van der Waals surface area contributed by atoms with Crippen LogP contribution in [-0.4, -0.2) is 5.78 Å². The highest BCUT2D eigenvalue weighted by Gasteiger charge is 2.41. The van der Waals surface area contributed by atoms with Gasteiger partial charge >= 0.3 is 0 Å². The van der Waals surface area contributed by atoms with Crippen molar-refractivity contribution in [2.45, 2.75) is 24.7 Å². The van der Waals surface area contributed by atoms with E-state index < -0.39 is 5.92 Å². The number of hydrogen-bond donors (Lipinski definition) is 1. The second-order valence-corrected chi connectivity index (χ2v) is 7.20. The molecule has 0 bridgehead atoms. The van der Waals surface area contributed by atoms with E-state index in [0.717, 1.165) is 10.4 Å². The molecule has 0 saturated heterocycles. The smallest absolute Gasteiger partial charge is 0.205 e. The Hall–Kier alpha value is -2.84. The van der Waals surface area contributed by atoms with Crippen molar-refractivity contribution in [3.63, 3.8) is 0 Å². The van der Waals surface area contributed by atoms with E-state index in [-0.39, 0.29) is 17.6 Å². The van der Waals surface area contributed by atoms with Gasteiger partial charge in [0, 0.05) is 23.3 Å². The highest BCUT2D eigenvalue weighted by atomic mass is 32.1. The van der Waals surface area contributed by atoms with Crippen LogP contribution in [0.2, 0.25) is 0 Å². The first-order chi connectivity index (χ1) is 12.2. The summed E-state index contributed by atoms with van der Waals surface area (Å²) in [7, 11) is 0. The summed E-state index contributed by atoms with van der Waals surface area (Å²) < 4.78 is 5.74. The molecule has 1 aliphatic carbocycles. The number of nitriles is 1. The molecule has 2 atom stereocenters. The molecule has 2 unspecified atom stereocenters. The van der Waals surface area contributed by atoms with Crippen molar-refractivity contribution < 1.29 is 9.53 Å².